The first-order valence-electron chi connectivity index (χ1n) is 12.7. The van der Waals surface area contributed by atoms with Gasteiger partial charge in [0.15, 0.2) is 0 Å². The zero-order chi connectivity index (χ0) is 25.7. The van der Waals surface area contributed by atoms with Crippen LogP contribution in [0.15, 0.2) is 158 Å². The van der Waals surface area contributed by atoms with Gasteiger partial charge < -0.3 is 4.90 Å². The largest absolute Gasteiger partial charge is 0.310 e. The van der Waals surface area contributed by atoms with Crippen LogP contribution in [0.1, 0.15) is 0 Å². The highest BCUT2D eigenvalue weighted by Crippen LogP contribution is 2.43. The summed E-state index contributed by atoms with van der Waals surface area (Å²) < 4.78 is 0. The van der Waals surface area contributed by atoms with Gasteiger partial charge in [-0.2, -0.15) is 0 Å². The smallest absolute Gasteiger partial charge is 0.0540 e. The lowest BCUT2D eigenvalue weighted by atomic mass is 9.96. The van der Waals surface area contributed by atoms with Crippen molar-refractivity contribution >= 4 is 28.7 Å². The Morgan fingerprint density at radius 1 is 0.368 bits per heavy atom. The Morgan fingerprint density at radius 3 is 1.50 bits per heavy atom. The second-order valence-corrected chi connectivity index (χ2v) is 9.63. The zero-order valence-electron chi connectivity index (χ0n) is 20.8. The van der Waals surface area contributed by atoms with Gasteiger partial charge in [-0.25, -0.2) is 0 Å². The van der Waals surface area contributed by atoms with E-state index in [1.807, 2.05) is 18.2 Å². The Balaban J connectivity index is 1.57. The fourth-order valence-electron chi connectivity index (χ4n) is 4.86. The van der Waals surface area contributed by atoms with Crippen molar-refractivity contribution in [3.8, 4) is 33.4 Å². The molecule has 0 unspecified atom stereocenters. The molecule has 6 aromatic rings. The number of nitrogens with zero attached hydrogens (tertiary/aromatic N) is 1. The van der Waals surface area contributed by atoms with E-state index < -0.39 is 0 Å². The lowest BCUT2D eigenvalue weighted by Crippen LogP contribution is -2.11. The first kappa shape index (κ1) is 23.8. The molecule has 0 atom stereocenters. The summed E-state index contributed by atoms with van der Waals surface area (Å²) in [6.07, 6.45) is 0. The highest BCUT2D eigenvalue weighted by molar-refractivity contribution is 6.30. The molecular weight excluding hydrogens is 482 g/mol. The fourth-order valence-corrected chi connectivity index (χ4v) is 4.99. The number of anilines is 3. The first-order chi connectivity index (χ1) is 18.8. The van der Waals surface area contributed by atoms with Gasteiger partial charge in [0.1, 0.15) is 0 Å². The monoisotopic (exact) mass is 507 g/mol. The molecule has 2 heteroatoms. The quantitative estimate of drug-likeness (QED) is 0.216. The second-order valence-electron chi connectivity index (χ2n) is 9.19. The molecule has 6 aromatic carbocycles. The molecule has 6 rings (SSSR count). The minimum Gasteiger partial charge on any atom is -0.310 e. The molecule has 1 nitrogen and oxygen atoms in total. The molecule has 0 N–H and O–H groups in total. The van der Waals surface area contributed by atoms with Crippen LogP contribution in [0.5, 0.6) is 0 Å². The molecule has 0 bridgehead atoms. The molecule has 0 fully saturated rings. The first-order valence-corrected chi connectivity index (χ1v) is 13.1. The molecule has 0 saturated heterocycles. The van der Waals surface area contributed by atoms with E-state index in [2.05, 4.69) is 144 Å². The summed E-state index contributed by atoms with van der Waals surface area (Å²) in [7, 11) is 0. The molecule has 38 heavy (non-hydrogen) atoms. The van der Waals surface area contributed by atoms with E-state index in [1.54, 1.807) is 0 Å². The summed E-state index contributed by atoms with van der Waals surface area (Å²) in [6.45, 7) is 0. The standard InChI is InChI=1S/C36H26ClN/c37-32-20-22-33(23-21-32)38(34-18-10-17-30(25-34)27-11-4-1-5-12-27)36-24-19-31(28-13-6-2-7-14-28)26-35(36)29-15-8-3-9-16-29/h1-26H. The predicted molar refractivity (Wildman–Crippen MR) is 162 cm³/mol. The lowest BCUT2D eigenvalue weighted by Gasteiger charge is -2.29. The summed E-state index contributed by atoms with van der Waals surface area (Å²) in [5.74, 6) is 0. The van der Waals surface area contributed by atoms with Gasteiger partial charge in [-0.15, -0.1) is 0 Å². The van der Waals surface area contributed by atoms with Crippen LogP contribution < -0.4 is 4.90 Å². The highest BCUT2D eigenvalue weighted by atomic mass is 35.5. The van der Waals surface area contributed by atoms with Crippen molar-refractivity contribution in [3.05, 3.63) is 163 Å². The Hall–Kier alpha value is -4.59. The number of rotatable bonds is 6. The van der Waals surface area contributed by atoms with Gasteiger partial charge in [0, 0.05) is 22.0 Å². The van der Waals surface area contributed by atoms with Crippen LogP contribution in [0.4, 0.5) is 17.1 Å². The van der Waals surface area contributed by atoms with E-state index in [0.717, 1.165) is 27.6 Å². The van der Waals surface area contributed by atoms with E-state index >= 15 is 0 Å². The van der Waals surface area contributed by atoms with Gasteiger partial charge >= 0.3 is 0 Å². The van der Waals surface area contributed by atoms with Crippen LogP contribution in [0.25, 0.3) is 33.4 Å². The van der Waals surface area contributed by atoms with E-state index in [4.69, 9.17) is 11.6 Å². The summed E-state index contributed by atoms with van der Waals surface area (Å²) in [5, 5.41) is 0.717. The molecule has 0 aromatic heterocycles. The Labute approximate surface area is 229 Å². The van der Waals surface area contributed by atoms with Crippen LogP contribution in [0.2, 0.25) is 5.02 Å². The second kappa shape index (κ2) is 10.8. The van der Waals surface area contributed by atoms with Crippen molar-refractivity contribution in [1.82, 2.24) is 0 Å². The normalized spacial score (nSPS) is 10.8. The minimum absolute atomic E-state index is 0.717. The van der Waals surface area contributed by atoms with E-state index in [-0.39, 0.29) is 0 Å². The third-order valence-electron chi connectivity index (χ3n) is 6.73. The summed E-state index contributed by atoms with van der Waals surface area (Å²) in [5.41, 5.74) is 10.3. The van der Waals surface area contributed by atoms with Crippen molar-refractivity contribution in [2.45, 2.75) is 0 Å². The van der Waals surface area contributed by atoms with Crippen molar-refractivity contribution in [1.29, 1.82) is 0 Å². The number of hydrogen-bond acceptors (Lipinski definition) is 1. The SMILES string of the molecule is Clc1ccc(N(c2cccc(-c3ccccc3)c2)c2ccc(-c3ccccc3)cc2-c2ccccc2)cc1. The topological polar surface area (TPSA) is 3.24 Å². The third kappa shape index (κ3) is 4.98. The maximum absolute atomic E-state index is 6.31. The molecule has 0 heterocycles. The van der Waals surface area contributed by atoms with Crippen LogP contribution in [-0.2, 0) is 0 Å². The van der Waals surface area contributed by atoms with Crippen molar-refractivity contribution in [3.63, 3.8) is 0 Å². The average molecular weight is 508 g/mol. The fraction of sp³-hybridized carbons (Fsp3) is 0. The number of benzene rings is 6. The maximum atomic E-state index is 6.31. The summed E-state index contributed by atoms with van der Waals surface area (Å²) >= 11 is 6.31. The molecule has 0 aliphatic carbocycles. The molecule has 0 saturated carbocycles. The lowest BCUT2D eigenvalue weighted by molar-refractivity contribution is 1.28. The molecule has 182 valence electrons. The van der Waals surface area contributed by atoms with E-state index in [9.17, 15) is 0 Å². The highest BCUT2D eigenvalue weighted by Gasteiger charge is 2.18. The molecule has 0 aliphatic heterocycles. The summed E-state index contributed by atoms with van der Waals surface area (Å²) in [6, 6.07) is 55.1. The van der Waals surface area contributed by atoms with Crippen LogP contribution in [0, 0.1) is 0 Å². The molecule has 0 spiro atoms. The van der Waals surface area contributed by atoms with Gasteiger partial charge in [-0.1, -0.05) is 121 Å². The number of hydrogen-bond donors (Lipinski definition) is 0. The Bertz CT molecular complexity index is 1640. The van der Waals surface area contributed by atoms with E-state index in [0.29, 0.717) is 0 Å². The third-order valence-corrected chi connectivity index (χ3v) is 6.98. The van der Waals surface area contributed by atoms with Gasteiger partial charge in [-0.3, -0.25) is 0 Å². The molecular formula is C36H26ClN. The zero-order valence-corrected chi connectivity index (χ0v) is 21.6. The van der Waals surface area contributed by atoms with E-state index in [1.165, 1.54) is 27.8 Å². The van der Waals surface area contributed by atoms with Gasteiger partial charge in [0.2, 0.25) is 0 Å². The van der Waals surface area contributed by atoms with Crippen molar-refractivity contribution in [2.24, 2.45) is 0 Å². The van der Waals surface area contributed by atoms with Crippen LogP contribution in [-0.4, -0.2) is 0 Å². The van der Waals surface area contributed by atoms with Gasteiger partial charge in [-0.05, 0) is 76.3 Å². The average Bonchev–Trinajstić information content (AvgIpc) is 3.00. The van der Waals surface area contributed by atoms with Crippen molar-refractivity contribution in [2.75, 3.05) is 4.90 Å². The Kier molecular flexibility index (Phi) is 6.76. The molecule has 0 aliphatic rings. The van der Waals surface area contributed by atoms with Crippen LogP contribution >= 0.6 is 11.6 Å². The molecule has 0 amide bonds. The minimum atomic E-state index is 0.717. The number of halogens is 1. The summed E-state index contributed by atoms with van der Waals surface area (Å²) in [4.78, 5) is 2.32. The van der Waals surface area contributed by atoms with Crippen molar-refractivity contribution < 1.29 is 0 Å². The van der Waals surface area contributed by atoms with Gasteiger partial charge in [0.05, 0.1) is 5.69 Å². The Morgan fingerprint density at radius 2 is 0.895 bits per heavy atom. The molecule has 0 radical (unpaired) electrons. The van der Waals surface area contributed by atoms with Crippen LogP contribution in [0.3, 0.4) is 0 Å². The maximum Gasteiger partial charge on any atom is 0.0540 e. The van der Waals surface area contributed by atoms with Gasteiger partial charge in [0.25, 0.3) is 0 Å². The predicted octanol–water partition coefficient (Wildman–Crippen LogP) is 10.8.